The molecule has 2 unspecified atom stereocenters. The molecule has 1 rings (SSSR count). The minimum absolute atomic E-state index is 0.0131. The Bertz CT molecular complexity index is 425. The summed E-state index contributed by atoms with van der Waals surface area (Å²) in [5, 5.41) is 3.02. The largest absolute Gasteiger partial charge is 0.491 e. The Morgan fingerprint density at radius 2 is 1.86 bits per heavy atom. The van der Waals surface area contributed by atoms with Gasteiger partial charge in [-0.1, -0.05) is 25.5 Å². The SMILES string of the molecule is CCC(CN)CC(=O)NC(C)c1ccc(OC(C)C)cc1. The van der Waals surface area contributed by atoms with Crippen LogP contribution in [0, 0.1) is 5.92 Å². The normalized spacial score (nSPS) is 13.8. The van der Waals surface area contributed by atoms with Gasteiger partial charge in [0, 0.05) is 6.42 Å². The maximum Gasteiger partial charge on any atom is 0.220 e. The van der Waals surface area contributed by atoms with Gasteiger partial charge in [-0.3, -0.25) is 4.79 Å². The zero-order valence-corrected chi connectivity index (χ0v) is 13.6. The van der Waals surface area contributed by atoms with E-state index in [0.29, 0.717) is 13.0 Å². The Labute approximate surface area is 128 Å². The highest BCUT2D eigenvalue weighted by atomic mass is 16.5. The van der Waals surface area contributed by atoms with Crippen molar-refractivity contribution in [2.45, 2.75) is 52.7 Å². The van der Waals surface area contributed by atoms with Crippen LogP contribution in [0.4, 0.5) is 0 Å². The van der Waals surface area contributed by atoms with Crippen LogP contribution in [-0.4, -0.2) is 18.6 Å². The molecule has 0 aliphatic carbocycles. The molecule has 0 heterocycles. The third-order valence-electron chi connectivity index (χ3n) is 3.51. The first-order chi connectivity index (χ1) is 9.96. The van der Waals surface area contributed by atoms with Gasteiger partial charge in [-0.15, -0.1) is 0 Å². The van der Waals surface area contributed by atoms with Gasteiger partial charge in [0.05, 0.1) is 12.1 Å². The quantitative estimate of drug-likeness (QED) is 0.774. The molecular weight excluding hydrogens is 264 g/mol. The van der Waals surface area contributed by atoms with Crippen molar-refractivity contribution < 1.29 is 9.53 Å². The average Bonchev–Trinajstić information content (AvgIpc) is 2.44. The van der Waals surface area contributed by atoms with Crippen LogP contribution in [0.1, 0.15) is 52.1 Å². The second-order valence-electron chi connectivity index (χ2n) is 5.74. The van der Waals surface area contributed by atoms with Gasteiger partial charge in [0.2, 0.25) is 5.91 Å². The molecule has 4 nitrogen and oxygen atoms in total. The molecule has 2 atom stereocenters. The minimum atomic E-state index is -0.0131. The molecule has 1 aromatic rings. The Morgan fingerprint density at radius 1 is 1.24 bits per heavy atom. The van der Waals surface area contributed by atoms with Gasteiger partial charge < -0.3 is 15.8 Å². The van der Waals surface area contributed by atoms with Gasteiger partial charge in [-0.25, -0.2) is 0 Å². The van der Waals surface area contributed by atoms with E-state index in [9.17, 15) is 4.79 Å². The van der Waals surface area contributed by atoms with E-state index < -0.39 is 0 Å². The van der Waals surface area contributed by atoms with Crippen molar-refractivity contribution in [2.24, 2.45) is 11.7 Å². The van der Waals surface area contributed by atoms with Gasteiger partial charge in [0.1, 0.15) is 5.75 Å². The van der Waals surface area contributed by atoms with Crippen LogP contribution in [0.25, 0.3) is 0 Å². The number of carbonyl (C=O) groups excluding carboxylic acids is 1. The van der Waals surface area contributed by atoms with Crippen LogP contribution >= 0.6 is 0 Å². The summed E-state index contributed by atoms with van der Waals surface area (Å²) in [6.45, 7) is 8.59. The maximum absolute atomic E-state index is 12.0. The van der Waals surface area contributed by atoms with Crippen molar-refractivity contribution in [3.05, 3.63) is 29.8 Å². The molecule has 0 spiro atoms. The van der Waals surface area contributed by atoms with E-state index in [0.717, 1.165) is 17.7 Å². The fourth-order valence-electron chi connectivity index (χ4n) is 2.15. The molecule has 0 saturated heterocycles. The monoisotopic (exact) mass is 292 g/mol. The maximum atomic E-state index is 12.0. The van der Waals surface area contributed by atoms with Crippen molar-refractivity contribution in [1.82, 2.24) is 5.32 Å². The van der Waals surface area contributed by atoms with Crippen molar-refractivity contribution in [2.75, 3.05) is 6.54 Å². The predicted octanol–water partition coefficient (Wildman–Crippen LogP) is 3.03. The van der Waals surface area contributed by atoms with Crippen LogP contribution in [0.5, 0.6) is 5.75 Å². The number of carbonyl (C=O) groups is 1. The number of benzene rings is 1. The smallest absolute Gasteiger partial charge is 0.220 e. The van der Waals surface area contributed by atoms with Crippen molar-refractivity contribution in [3.8, 4) is 5.75 Å². The van der Waals surface area contributed by atoms with Gasteiger partial charge >= 0.3 is 0 Å². The molecule has 0 aliphatic heterocycles. The van der Waals surface area contributed by atoms with Crippen LogP contribution in [0.2, 0.25) is 0 Å². The molecule has 0 saturated carbocycles. The van der Waals surface area contributed by atoms with E-state index in [-0.39, 0.29) is 24.0 Å². The molecular formula is C17H28N2O2. The molecule has 0 aliphatic rings. The number of nitrogens with two attached hydrogens (primary N) is 1. The molecule has 21 heavy (non-hydrogen) atoms. The number of ether oxygens (including phenoxy) is 1. The van der Waals surface area contributed by atoms with E-state index in [2.05, 4.69) is 12.2 Å². The van der Waals surface area contributed by atoms with E-state index in [1.807, 2.05) is 45.0 Å². The van der Waals surface area contributed by atoms with Crippen molar-refractivity contribution in [1.29, 1.82) is 0 Å². The third-order valence-corrected chi connectivity index (χ3v) is 3.51. The number of hydrogen-bond donors (Lipinski definition) is 2. The summed E-state index contributed by atoms with van der Waals surface area (Å²) in [5.41, 5.74) is 6.71. The zero-order chi connectivity index (χ0) is 15.8. The fraction of sp³-hybridized carbons (Fsp3) is 0.588. The van der Waals surface area contributed by atoms with Crippen molar-refractivity contribution >= 4 is 5.91 Å². The third kappa shape index (κ3) is 6.17. The number of nitrogens with one attached hydrogen (secondary N) is 1. The molecule has 0 bridgehead atoms. The second kappa shape index (κ2) is 8.67. The summed E-state index contributed by atoms with van der Waals surface area (Å²) in [5.74, 6) is 1.17. The Balaban J connectivity index is 2.54. The Morgan fingerprint density at radius 3 is 2.33 bits per heavy atom. The lowest BCUT2D eigenvalue weighted by Gasteiger charge is -2.18. The Kier molecular flexibility index (Phi) is 7.23. The molecule has 3 N–H and O–H groups in total. The predicted molar refractivity (Wildman–Crippen MR) is 86.2 cm³/mol. The number of hydrogen-bond acceptors (Lipinski definition) is 3. The van der Waals surface area contributed by atoms with Gasteiger partial charge in [-0.05, 0) is 50.9 Å². The lowest BCUT2D eigenvalue weighted by molar-refractivity contribution is -0.122. The molecule has 1 amide bonds. The summed E-state index contributed by atoms with van der Waals surface area (Å²) >= 11 is 0. The highest BCUT2D eigenvalue weighted by Gasteiger charge is 2.14. The lowest BCUT2D eigenvalue weighted by atomic mass is 10.0. The fourth-order valence-corrected chi connectivity index (χ4v) is 2.15. The van der Waals surface area contributed by atoms with E-state index >= 15 is 0 Å². The molecule has 0 radical (unpaired) electrons. The summed E-state index contributed by atoms with van der Waals surface area (Å²) < 4.78 is 5.61. The van der Waals surface area contributed by atoms with E-state index in [1.54, 1.807) is 0 Å². The van der Waals surface area contributed by atoms with E-state index in [1.165, 1.54) is 0 Å². The van der Waals surface area contributed by atoms with Crippen LogP contribution in [0.15, 0.2) is 24.3 Å². The molecule has 0 fully saturated rings. The summed E-state index contributed by atoms with van der Waals surface area (Å²) in [4.78, 5) is 12.0. The molecule has 0 aromatic heterocycles. The Hall–Kier alpha value is -1.55. The zero-order valence-electron chi connectivity index (χ0n) is 13.6. The summed E-state index contributed by atoms with van der Waals surface area (Å²) in [7, 11) is 0. The molecule has 1 aromatic carbocycles. The highest BCUT2D eigenvalue weighted by Crippen LogP contribution is 2.19. The highest BCUT2D eigenvalue weighted by molar-refractivity contribution is 5.76. The number of amides is 1. The standard InChI is InChI=1S/C17H28N2O2/c1-5-14(11-18)10-17(20)19-13(4)15-6-8-16(9-7-15)21-12(2)3/h6-9,12-14H,5,10-11,18H2,1-4H3,(H,19,20). The first kappa shape index (κ1) is 17.5. The van der Waals surface area contributed by atoms with Crippen LogP contribution < -0.4 is 15.8 Å². The van der Waals surface area contributed by atoms with Crippen LogP contribution in [-0.2, 0) is 4.79 Å². The van der Waals surface area contributed by atoms with Gasteiger partial charge in [-0.2, -0.15) is 0 Å². The average molecular weight is 292 g/mol. The lowest BCUT2D eigenvalue weighted by Crippen LogP contribution is -2.30. The first-order valence-electron chi connectivity index (χ1n) is 7.72. The topological polar surface area (TPSA) is 64.4 Å². The molecule has 118 valence electrons. The second-order valence-corrected chi connectivity index (χ2v) is 5.74. The van der Waals surface area contributed by atoms with Crippen LogP contribution in [0.3, 0.4) is 0 Å². The van der Waals surface area contributed by atoms with Crippen molar-refractivity contribution in [3.63, 3.8) is 0 Å². The molecule has 4 heteroatoms. The first-order valence-corrected chi connectivity index (χ1v) is 7.72. The van der Waals surface area contributed by atoms with Gasteiger partial charge in [0.25, 0.3) is 0 Å². The minimum Gasteiger partial charge on any atom is -0.491 e. The van der Waals surface area contributed by atoms with E-state index in [4.69, 9.17) is 10.5 Å². The number of rotatable bonds is 8. The summed E-state index contributed by atoms with van der Waals surface area (Å²) in [6.07, 6.45) is 1.58. The summed E-state index contributed by atoms with van der Waals surface area (Å²) in [6, 6.07) is 7.84. The van der Waals surface area contributed by atoms with Gasteiger partial charge in [0.15, 0.2) is 0 Å².